The highest BCUT2D eigenvalue weighted by atomic mass is 32.2. The molecule has 7 heteroatoms. The Bertz CT molecular complexity index is 572. The number of nitrogens with zero attached hydrogens (tertiary/aromatic N) is 1. The molecule has 25 heavy (non-hydrogen) atoms. The summed E-state index contributed by atoms with van der Waals surface area (Å²) in [7, 11) is 1.65. The van der Waals surface area contributed by atoms with Crippen molar-refractivity contribution in [3.8, 4) is 0 Å². The monoisotopic (exact) mass is 365 g/mol. The highest BCUT2D eigenvalue weighted by molar-refractivity contribution is 7.99. The van der Waals surface area contributed by atoms with Crippen molar-refractivity contribution in [3.05, 3.63) is 29.8 Å². The zero-order chi connectivity index (χ0) is 17.5. The maximum Gasteiger partial charge on any atom is 0.319 e. The van der Waals surface area contributed by atoms with Gasteiger partial charge in [-0.25, -0.2) is 4.79 Å². The van der Waals surface area contributed by atoms with E-state index in [1.54, 1.807) is 7.11 Å². The molecule has 2 aliphatic heterocycles. The second kappa shape index (κ2) is 8.89. The van der Waals surface area contributed by atoms with Crippen LogP contribution in [0.1, 0.15) is 12.0 Å². The van der Waals surface area contributed by atoms with Gasteiger partial charge in [-0.05, 0) is 18.2 Å². The molecule has 0 aliphatic carbocycles. The summed E-state index contributed by atoms with van der Waals surface area (Å²) in [5.74, 6) is 2.21. The summed E-state index contributed by atoms with van der Waals surface area (Å²) >= 11 is 1.97. The number of carbonyl (C=O) groups excluding carboxylic acids is 1. The van der Waals surface area contributed by atoms with Gasteiger partial charge in [0.05, 0.1) is 19.8 Å². The first-order valence-corrected chi connectivity index (χ1v) is 9.91. The van der Waals surface area contributed by atoms with Gasteiger partial charge in [0.2, 0.25) is 0 Å². The van der Waals surface area contributed by atoms with E-state index in [0.717, 1.165) is 55.5 Å². The number of hydrogen-bond donors (Lipinski definition) is 2. The molecule has 1 aromatic rings. The number of nitrogens with one attached hydrogen (secondary N) is 2. The molecule has 2 heterocycles. The van der Waals surface area contributed by atoms with Crippen LogP contribution in [0.25, 0.3) is 0 Å². The number of thioether (sulfide) groups is 1. The fraction of sp³-hybridized carbons (Fsp3) is 0.611. The summed E-state index contributed by atoms with van der Waals surface area (Å²) in [6.45, 7) is 4.59. The first kappa shape index (κ1) is 18.5. The maximum absolute atomic E-state index is 12.4. The molecule has 2 amide bonds. The van der Waals surface area contributed by atoms with Crippen molar-refractivity contribution in [1.82, 2.24) is 10.2 Å². The lowest BCUT2D eigenvalue weighted by Gasteiger charge is -2.43. The van der Waals surface area contributed by atoms with Crippen LogP contribution in [0.2, 0.25) is 0 Å². The third kappa shape index (κ3) is 4.67. The largest absolute Gasteiger partial charge is 0.380 e. The molecule has 2 saturated heterocycles. The molecule has 2 aliphatic rings. The minimum atomic E-state index is -0.159. The van der Waals surface area contributed by atoms with E-state index in [1.165, 1.54) is 0 Å². The molecular formula is C18H27N3O3S. The van der Waals surface area contributed by atoms with Gasteiger partial charge in [0, 0.05) is 49.3 Å². The van der Waals surface area contributed by atoms with Crippen molar-refractivity contribution < 1.29 is 14.3 Å². The molecule has 0 aromatic heterocycles. The quantitative estimate of drug-likeness (QED) is 0.809. The van der Waals surface area contributed by atoms with Crippen molar-refractivity contribution in [1.29, 1.82) is 0 Å². The van der Waals surface area contributed by atoms with E-state index < -0.39 is 0 Å². The predicted molar refractivity (Wildman–Crippen MR) is 101 cm³/mol. The number of para-hydroxylation sites is 1. The zero-order valence-corrected chi connectivity index (χ0v) is 15.6. The molecule has 1 aromatic carbocycles. The van der Waals surface area contributed by atoms with Crippen LogP contribution < -0.4 is 10.6 Å². The SMILES string of the molecule is COCc1ccccc1NC(=O)NCC1(N2CCOCC2)CCSC1. The number of anilines is 1. The van der Waals surface area contributed by atoms with Crippen LogP contribution in [-0.4, -0.2) is 67.9 Å². The van der Waals surface area contributed by atoms with Gasteiger partial charge >= 0.3 is 6.03 Å². The standard InChI is InChI=1S/C18H27N3O3S/c1-23-12-15-4-2-3-5-16(15)20-17(22)19-13-18(6-11-25-14-18)21-7-9-24-10-8-21/h2-5H,6-14H2,1H3,(H2,19,20,22). The maximum atomic E-state index is 12.4. The Hall–Kier alpha value is -1.28. The normalized spacial score (nSPS) is 24.2. The number of carbonyl (C=O) groups is 1. The number of amides is 2. The van der Waals surface area contributed by atoms with E-state index in [0.29, 0.717) is 13.2 Å². The summed E-state index contributed by atoms with van der Waals surface area (Å²) in [6.07, 6.45) is 1.11. The fourth-order valence-corrected chi connectivity index (χ4v) is 4.95. The third-order valence-electron chi connectivity index (χ3n) is 4.91. The number of rotatable bonds is 6. The van der Waals surface area contributed by atoms with Gasteiger partial charge in [-0.1, -0.05) is 18.2 Å². The van der Waals surface area contributed by atoms with Crippen molar-refractivity contribution in [2.24, 2.45) is 0 Å². The topological polar surface area (TPSA) is 62.8 Å². The molecule has 6 nitrogen and oxygen atoms in total. The van der Waals surface area contributed by atoms with E-state index in [4.69, 9.17) is 9.47 Å². The van der Waals surface area contributed by atoms with Crippen molar-refractivity contribution in [2.45, 2.75) is 18.6 Å². The Morgan fingerprint density at radius 3 is 2.88 bits per heavy atom. The Kier molecular flexibility index (Phi) is 6.58. The minimum Gasteiger partial charge on any atom is -0.380 e. The van der Waals surface area contributed by atoms with Gasteiger partial charge in [0.1, 0.15) is 0 Å². The average Bonchev–Trinajstić information content (AvgIpc) is 3.13. The minimum absolute atomic E-state index is 0.0534. The molecule has 0 saturated carbocycles. The van der Waals surface area contributed by atoms with Gasteiger partial charge in [-0.2, -0.15) is 11.8 Å². The molecule has 1 atom stereocenters. The Labute approximate surface area is 153 Å². The molecule has 2 N–H and O–H groups in total. The van der Waals surface area contributed by atoms with E-state index in [1.807, 2.05) is 36.0 Å². The second-order valence-electron chi connectivity index (χ2n) is 6.52. The van der Waals surface area contributed by atoms with Crippen LogP contribution in [0.4, 0.5) is 10.5 Å². The smallest absolute Gasteiger partial charge is 0.319 e. The van der Waals surface area contributed by atoms with E-state index >= 15 is 0 Å². The number of hydrogen-bond acceptors (Lipinski definition) is 5. The number of morpholine rings is 1. The lowest BCUT2D eigenvalue weighted by Crippen LogP contribution is -2.59. The predicted octanol–water partition coefficient (Wildman–Crippen LogP) is 2.16. The van der Waals surface area contributed by atoms with Crippen molar-refractivity contribution >= 4 is 23.5 Å². The number of ether oxygens (including phenoxy) is 2. The molecule has 1 unspecified atom stereocenters. The molecule has 3 rings (SSSR count). The van der Waals surface area contributed by atoms with Crippen LogP contribution >= 0.6 is 11.8 Å². The number of methoxy groups -OCH3 is 1. The van der Waals surface area contributed by atoms with Gasteiger partial charge in [0.25, 0.3) is 0 Å². The summed E-state index contributed by atoms with van der Waals surface area (Å²) < 4.78 is 10.7. The van der Waals surface area contributed by atoms with Crippen LogP contribution in [-0.2, 0) is 16.1 Å². The highest BCUT2D eigenvalue weighted by Crippen LogP contribution is 2.33. The van der Waals surface area contributed by atoms with Crippen molar-refractivity contribution in [2.75, 3.05) is 56.8 Å². The van der Waals surface area contributed by atoms with Crippen LogP contribution in [0.15, 0.2) is 24.3 Å². The number of benzene rings is 1. The van der Waals surface area contributed by atoms with E-state index in [9.17, 15) is 4.79 Å². The first-order valence-electron chi connectivity index (χ1n) is 8.76. The Balaban J connectivity index is 1.59. The second-order valence-corrected chi connectivity index (χ2v) is 7.63. The molecule has 138 valence electrons. The van der Waals surface area contributed by atoms with Crippen LogP contribution in [0.3, 0.4) is 0 Å². The summed E-state index contributed by atoms with van der Waals surface area (Å²) in [4.78, 5) is 14.9. The number of urea groups is 1. The van der Waals surface area contributed by atoms with E-state index in [-0.39, 0.29) is 11.6 Å². The van der Waals surface area contributed by atoms with Crippen LogP contribution in [0, 0.1) is 0 Å². The lowest BCUT2D eigenvalue weighted by atomic mass is 9.95. The van der Waals surface area contributed by atoms with Crippen molar-refractivity contribution in [3.63, 3.8) is 0 Å². The third-order valence-corrected chi connectivity index (χ3v) is 6.14. The lowest BCUT2D eigenvalue weighted by molar-refractivity contribution is -0.0123. The molecule has 2 fully saturated rings. The van der Waals surface area contributed by atoms with Crippen LogP contribution in [0.5, 0.6) is 0 Å². The summed E-state index contributed by atoms with van der Waals surface area (Å²) in [6, 6.07) is 7.56. The first-order chi connectivity index (χ1) is 12.2. The molecule has 0 bridgehead atoms. The molecule has 0 spiro atoms. The highest BCUT2D eigenvalue weighted by Gasteiger charge is 2.40. The van der Waals surface area contributed by atoms with Gasteiger partial charge in [0.15, 0.2) is 0 Å². The Morgan fingerprint density at radius 1 is 1.36 bits per heavy atom. The fourth-order valence-electron chi connectivity index (χ4n) is 3.47. The summed E-state index contributed by atoms with van der Waals surface area (Å²) in [5.41, 5.74) is 1.82. The molecular weight excluding hydrogens is 338 g/mol. The summed E-state index contributed by atoms with van der Waals surface area (Å²) in [5, 5.41) is 6.05. The van der Waals surface area contributed by atoms with Gasteiger partial charge in [-0.15, -0.1) is 0 Å². The zero-order valence-electron chi connectivity index (χ0n) is 14.8. The Morgan fingerprint density at radius 2 is 2.16 bits per heavy atom. The van der Waals surface area contributed by atoms with E-state index in [2.05, 4.69) is 15.5 Å². The average molecular weight is 365 g/mol. The van der Waals surface area contributed by atoms with Gasteiger partial charge < -0.3 is 20.1 Å². The molecule has 0 radical (unpaired) electrons. The van der Waals surface area contributed by atoms with Gasteiger partial charge in [-0.3, -0.25) is 4.90 Å².